The highest BCUT2D eigenvalue weighted by molar-refractivity contribution is 7.13. The molecular weight excluding hydrogens is 375 g/mol. The number of halogens is 2. The number of nitrogens with zero attached hydrogens (tertiary/aromatic N) is 2. The van der Waals surface area contributed by atoms with E-state index in [4.69, 9.17) is 33.0 Å². The number of methoxy groups -OCH3 is 1. The maximum absolute atomic E-state index is 12.5. The van der Waals surface area contributed by atoms with Crippen molar-refractivity contribution in [2.45, 2.75) is 0 Å². The van der Waals surface area contributed by atoms with E-state index in [1.54, 1.807) is 23.6 Å². The van der Waals surface area contributed by atoms with Crippen LogP contribution in [-0.4, -0.2) is 53.7 Å². The van der Waals surface area contributed by atoms with Crippen LogP contribution in [0.25, 0.3) is 10.6 Å². The first kappa shape index (κ1) is 18.7. The van der Waals surface area contributed by atoms with Crippen molar-refractivity contribution in [2.75, 3.05) is 26.8 Å². The van der Waals surface area contributed by atoms with Gasteiger partial charge >= 0.3 is 5.97 Å². The number of rotatable bonds is 7. The summed E-state index contributed by atoms with van der Waals surface area (Å²) in [7, 11) is 1.48. The zero-order valence-electron chi connectivity index (χ0n) is 12.7. The van der Waals surface area contributed by atoms with Crippen molar-refractivity contribution in [2.24, 2.45) is 0 Å². The third-order valence-corrected chi connectivity index (χ3v) is 4.70. The number of hydrogen-bond acceptors (Lipinski definition) is 5. The Kier molecular flexibility index (Phi) is 6.56. The van der Waals surface area contributed by atoms with Gasteiger partial charge in [-0.15, -0.1) is 11.3 Å². The van der Waals surface area contributed by atoms with E-state index in [-0.39, 0.29) is 18.8 Å². The molecule has 0 unspecified atom stereocenters. The number of hydrogen-bond donors (Lipinski definition) is 1. The van der Waals surface area contributed by atoms with E-state index in [0.717, 1.165) is 5.56 Å². The molecule has 0 spiro atoms. The normalized spacial score (nSPS) is 10.6. The lowest BCUT2D eigenvalue weighted by atomic mass is 10.2. The van der Waals surface area contributed by atoms with E-state index < -0.39 is 18.4 Å². The quantitative estimate of drug-likeness (QED) is 0.786. The first-order chi connectivity index (χ1) is 11.4. The van der Waals surface area contributed by atoms with Gasteiger partial charge in [0, 0.05) is 24.6 Å². The molecule has 0 saturated heterocycles. The van der Waals surface area contributed by atoms with Gasteiger partial charge in [-0.2, -0.15) is 0 Å². The fourth-order valence-corrected chi connectivity index (χ4v) is 3.00. The highest BCUT2D eigenvalue weighted by Gasteiger charge is 2.21. The summed E-state index contributed by atoms with van der Waals surface area (Å²) in [5.74, 6) is -1.56. The maximum atomic E-state index is 12.5. The number of carbonyl (C=O) groups is 2. The highest BCUT2D eigenvalue weighted by Crippen LogP contribution is 2.30. The van der Waals surface area contributed by atoms with Crippen LogP contribution in [0.1, 0.15) is 10.5 Å². The number of benzene rings is 1. The first-order valence-corrected chi connectivity index (χ1v) is 8.47. The molecule has 0 atom stereocenters. The molecule has 0 aliphatic rings. The zero-order valence-corrected chi connectivity index (χ0v) is 15.0. The molecule has 24 heavy (non-hydrogen) atoms. The minimum absolute atomic E-state index is 0.168. The van der Waals surface area contributed by atoms with Crippen molar-refractivity contribution >= 4 is 46.4 Å². The molecule has 1 aromatic carbocycles. The molecule has 0 aliphatic carbocycles. The SMILES string of the molecule is COCCN(CC(=O)O)C(=O)c1csc(-c2ccc(Cl)c(Cl)c2)n1. The Hall–Kier alpha value is -1.67. The Bertz CT molecular complexity index is 751. The second kappa shape index (κ2) is 8.43. The summed E-state index contributed by atoms with van der Waals surface area (Å²) in [4.78, 5) is 28.8. The summed E-state index contributed by atoms with van der Waals surface area (Å²) < 4.78 is 4.91. The Labute approximate surface area is 152 Å². The fourth-order valence-electron chi connectivity index (χ4n) is 1.91. The predicted molar refractivity (Wildman–Crippen MR) is 93.0 cm³/mol. The third kappa shape index (κ3) is 4.67. The van der Waals surface area contributed by atoms with Crippen LogP contribution in [0, 0.1) is 0 Å². The topological polar surface area (TPSA) is 79.7 Å². The minimum atomic E-state index is -1.10. The Balaban J connectivity index is 2.22. The minimum Gasteiger partial charge on any atom is -0.480 e. The van der Waals surface area contributed by atoms with Crippen LogP contribution >= 0.6 is 34.5 Å². The third-order valence-electron chi connectivity index (χ3n) is 3.07. The van der Waals surface area contributed by atoms with Crippen LogP contribution in [0.4, 0.5) is 0 Å². The lowest BCUT2D eigenvalue weighted by Gasteiger charge is -2.18. The monoisotopic (exact) mass is 388 g/mol. The molecular formula is C15H14Cl2N2O4S. The second-order valence-electron chi connectivity index (χ2n) is 4.78. The molecule has 0 fully saturated rings. The number of amides is 1. The van der Waals surface area contributed by atoms with Crippen LogP contribution in [-0.2, 0) is 9.53 Å². The van der Waals surface area contributed by atoms with Crippen molar-refractivity contribution in [3.8, 4) is 10.6 Å². The van der Waals surface area contributed by atoms with Gasteiger partial charge in [-0.1, -0.05) is 29.3 Å². The van der Waals surface area contributed by atoms with Crippen molar-refractivity contribution in [1.29, 1.82) is 0 Å². The van der Waals surface area contributed by atoms with Crippen LogP contribution < -0.4 is 0 Å². The molecule has 1 heterocycles. The van der Waals surface area contributed by atoms with Gasteiger partial charge in [0.25, 0.3) is 5.91 Å². The van der Waals surface area contributed by atoms with Gasteiger partial charge < -0.3 is 14.7 Å². The molecule has 1 aromatic heterocycles. The molecule has 1 N–H and O–H groups in total. The summed E-state index contributed by atoms with van der Waals surface area (Å²) in [5.41, 5.74) is 0.911. The van der Waals surface area contributed by atoms with Gasteiger partial charge in [-0.25, -0.2) is 4.98 Å². The van der Waals surface area contributed by atoms with Gasteiger partial charge in [0.05, 0.1) is 16.7 Å². The fraction of sp³-hybridized carbons (Fsp3) is 0.267. The van der Waals surface area contributed by atoms with Crippen molar-refractivity contribution < 1.29 is 19.4 Å². The summed E-state index contributed by atoms with van der Waals surface area (Å²) in [6.45, 7) is -0.00804. The lowest BCUT2D eigenvalue weighted by molar-refractivity contribution is -0.137. The first-order valence-electron chi connectivity index (χ1n) is 6.83. The standard InChI is InChI=1S/C15H14Cl2N2O4S/c1-23-5-4-19(7-13(20)21)15(22)12-8-24-14(18-12)9-2-3-10(16)11(17)6-9/h2-3,6,8H,4-5,7H2,1H3,(H,20,21). The van der Waals surface area contributed by atoms with Crippen molar-refractivity contribution in [3.63, 3.8) is 0 Å². The summed E-state index contributed by atoms with van der Waals surface area (Å²) in [6, 6.07) is 5.07. The number of carboxylic acid groups (broad SMARTS) is 1. The van der Waals surface area contributed by atoms with E-state index in [1.807, 2.05) is 0 Å². The number of ether oxygens (including phenoxy) is 1. The molecule has 0 aliphatic heterocycles. The predicted octanol–water partition coefficient (Wildman–Crippen LogP) is 3.29. The van der Waals surface area contributed by atoms with Crippen LogP contribution in [0.15, 0.2) is 23.6 Å². The Morgan fingerprint density at radius 1 is 1.33 bits per heavy atom. The Morgan fingerprint density at radius 3 is 2.71 bits per heavy atom. The number of aliphatic carboxylic acids is 1. The smallest absolute Gasteiger partial charge is 0.323 e. The average Bonchev–Trinajstić information content (AvgIpc) is 3.03. The second-order valence-corrected chi connectivity index (χ2v) is 6.45. The maximum Gasteiger partial charge on any atom is 0.323 e. The molecule has 128 valence electrons. The molecule has 0 saturated carbocycles. The summed E-state index contributed by atoms with van der Waals surface area (Å²) in [6.07, 6.45) is 0. The molecule has 2 rings (SSSR count). The molecule has 6 nitrogen and oxygen atoms in total. The molecule has 2 aromatic rings. The lowest BCUT2D eigenvalue weighted by Crippen LogP contribution is -2.38. The van der Waals surface area contributed by atoms with Gasteiger partial charge in [-0.05, 0) is 12.1 Å². The van der Waals surface area contributed by atoms with Gasteiger partial charge in [0.1, 0.15) is 17.2 Å². The van der Waals surface area contributed by atoms with Gasteiger partial charge in [0.2, 0.25) is 0 Å². The van der Waals surface area contributed by atoms with E-state index in [2.05, 4.69) is 4.98 Å². The highest BCUT2D eigenvalue weighted by atomic mass is 35.5. The van der Waals surface area contributed by atoms with E-state index in [0.29, 0.717) is 15.1 Å². The van der Waals surface area contributed by atoms with E-state index in [1.165, 1.54) is 23.3 Å². The van der Waals surface area contributed by atoms with Crippen molar-refractivity contribution in [3.05, 3.63) is 39.3 Å². The van der Waals surface area contributed by atoms with Crippen molar-refractivity contribution in [1.82, 2.24) is 9.88 Å². The van der Waals surface area contributed by atoms with Crippen LogP contribution in [0.5, 0.6) is 0 Å². The van der Waals surface area contributed by atoms with Crippen LogP contribution in [0.2, 0.25) is 10.0 Å². The number of carboxylic acids is 1. The van der Waals surface area contributed by atoms with Gasteiger partial charge in [-0.3, -0.25) is 9.59 Å². The number of aromatic nitrogens is 1. The van der Waals surface area contributed by atoms with E-state index in [9.17, 15) is 9.59 Å². The largest absolute Gasteiger partial charge is 0.480 e. The van der Waals surface area contributed by atoms with E-state index >= 15 is 0 Å². The number of thiazole rings is 1. The summed E-state index contributed by atoms with van der Waals surface area (Å²) in [5, 5.41) is 11.9. The zero-order chi connectivity index (χ0) is 17.7. The summed E-state index contributed by atoms with van der Waals surface area (Å²) >= 11 is 13.1. The Morgan fingerprint density at radius 2 is 2.08 bits per heavy atom. The van der Waals surface area contributed by atoms with Crippen LogP contribution in [0.3, 0.4) is 0 Å². The van der Waals surface area contributed by atoms with Gasteiger partial charge in [0.15, 0.2) is 0 Å². The average molecular weight is 389 g/mol. The molecule has 9 heteroatoms. The molecule has 1 amide bonds. The molecule has 0 bridgehead atoms. The number of carbonyl (C=O) groups excluding carboxylic acids is 1. The molecule has 0 radical (unpaired) electrons.